The predicted molar refractivity (Wildman–Crippen MR) is 81.7 cm³/mol. The predicted octanol–water partition coefficient (Wildman–Crippen LogP) is 1.71. The highest BCUT2D eigenvalue weighted by molar-refractivity contribution is 5.94. The molecule has 0 amide bonds. The molecule has 0 aliphatic carbocycles. The number of nitrogens with zero attached hydrogens (tertiary/aromatic N) is 2. The molecule has 0 N–H and O–H groups in total. The normalized spacial score (nSPS) is 15.7. The zero-order valence-electron chi connectivity index (χ0n) is 13.0. The van der Waals surface area contributed by atoms with Crippen LogP contribution in [0.5, 0.6) is 0 Å². The number of halogens is 1. The van der Waals surface area contributed by atoms with Crippen LogP contribution in [0.4, 0.5) is 10.1 Å². The van der Waals surface area contributed by atoms with Crippen LogP contribution in [0, 0.1) is 5.82 Å². The number of anilines is 1. The Balaban J connectivity index is 1.94. The van der Waals surface area contributed by atoms with Gasteiger partial charge in [-0.1, -0.05) is 0 Å². The van der Waals surface area contributed by atoms with Gasteiger partial charge in [0.15, 0.2) is 5.78 Å². The van der Waals surface area contributed by atoms with Gasteiger partial charge in [-0.2, -0.15) is 0 Å². The molecule has 1 saturated heterocycles. The van der Waals surface area contributed by atoms with Crippen LogP contribution in [0.2, 0.25) is 0 Å². The van der Waals surface area contributed by atoms with Crippen molar-refractivity contribution in [1.82, 2.24) is 4.90 Å². The van der Waals surface area contributed by atoms with Crippen LogP contribution in [-0.4, -0.2) is 56.0 Å². The molecule has 0 saturated carbocycles. The number of carbonyl (C=O) groups excluding carboxylic acids is 2. The molecule has 1 aliphatic heterocycles. The number of carbonyl (C=O) groups is 2. The summed E-state index contributed by atoms with van der Waals surface area (Å²) in [4.78, 5) is 26.6. The highest BCUT2D eigenvalue weighted by atomic mass is 19.1. The monoisotopic (exact) mass is 308 g/mol. The second kappa shape index (κ2) is 7.35. The number of hydrogen-bond acceptors (Lipinski definition) is 5. The van der Waals surface area contributed by atoms with Crippen LogP contribution < -0.4 is 4.90 Å². The molecule has 1 aromatic rings. The lowest BCUT2D eigenvalue weighted by Crippen LogP contribution is -2.48. The summed E-state index contributed by atoms with van der Waals surface area (Å²) < 4.78 is 19.0. The van der Waals surface area contributed by atoms with E-state index in [1.165, 1.54) is 13.0 Å². The molecule has 0 unspecified atom stereocenters. The summed E-state index contributed by atoms with van der Waals surface area (Å²) in [6.07, 6.45) is 0. The quantitative estimate of drug-likeness (QED) is 0.612. The first-order valence-electron chi connectivity index (χ1n) is 7.44. The number of piperazine rings is 1. The first kappa shape index (κ1) is 16.4. The maximum Gasteiger partial charge on any atom is 0.320 e. The molecule has 6 heteroatoms. The third-order valence-electron chi connectivity index (χ3n) is 3.73. The molecule has 0 spiro atoms. The topological polar surface area (TPSA) is 49.9 Å². The minimum absolute atomic E-state index is 0.148. The molecule has 0 aromatic heterocycles. The molecular formula is C16H21FN2O3. The molecule has 1 aliphatic rings. The largest absolute Gasteiger partial charge is 0.465 e. The third kappa shape index (κ3) is 4.04. The third-order valence-corrected chi connectivity index (χ3v) is 3.73. The molecular weight excluding hydrogens is 287 g/mol. The van der Waals surface area contributed by atoms with E-state index in [0.717, 1.165) is 0 Å². The van der Waals surface area contributed by atoms with Gasteiger partial charge in [0.05, 0.1) is 18.8 Å². The number of esters is 1. The van der Waals surface area contributed by atoms with E-state index in [4.69, 9.17) is 4.74 Å². The van der Waals surface area contributed by atoms with Crippen molar-refractivity contribution in [3.63, 3.8) is 0 Å². The van der Waals surface area contributed by atoms with Crippen molar-refractivity contribution >= 4 is 17.4 Å². The van der Waals surface area contributed by atoms with Crippen molar-refractivity contribution in [2.45, 2.75) is 13.8 Å². The molecule has 120 valence electrons. The summed E-state index contributed by atoms with van der Waals surface area (Å²) in [6.45, 7) is 6.47. The van der Waals surface area contributed by atoms with E-state index < -0.39 is 0 Å². The van der Waals surface area contributed by atoms with Gasteiger partial charge in [-0.15, -0.1) is 0 Å². The Bertz CT molecular complexity index is 554. The lowest BCUT2D eigenvalue weighted by molar-refractivity contribution is -0.144. The van der Waals surface area contributed by atoms with Gasteiger partial charge in [0, 0.05) is 31.7 Å². The van der Waals surface area contributed by atoms with Crippen LogP contribution in [0.1, 0.15) is 24.2 Å². The van der Waals surface area contributed by atoms with Crippen LogP contribution >= 0.6 is 0 Å². The van der Waals surface area contributed by atoms with Crippen LogP contribution in [-0.2, 0) is 9.53 Å². The summed E-state index contributed by atoms with van der Waals surface area (Å²) >= 11 is 0. The Labute approximate surface area is 129 Å². The van der Waals surface area contributed by atoms with Crippen molar-refractivity contribution in [3.05, 3.63) is 29.6 Å². The lowest BCUT2D eigenvalue weighted by atomic mass is 10.1. The zero-order chi connectivity index (χ0) is 16.1. The summed E-state index contributed by atoms with van der Waals surface area (Å²) in [5, 5.41) is 0. The maximum atomic E-state index is 14.1. The molecule has 1 aromatic carbocycles. The second-order valence-electron chi connectivity index (χ2n) is 5.29. The summed E-state index contributed by atoms with van der Waals surface area (Å²) in [5.74, 6) is -0.760. The minimum atomic E-state index is -0.383. The average Bonchev–Trinajstić information content (AvgIpc) is 2.48. The van der Waals surface area contributed by atoms with Crippen molar-refractivity contribution < 1.29 is 18.7 Å². The molecule has 5 nitrogen and oxygen atoms in total. The van der Waals surface area contributed by atoms with Crippen molar-refractivity contribution in [2.75, 3.05) is 44.2 Å². The molecule has 0 radical (unpaired) electrons. The fourth-order valence-electron chi connectivity index (χ4n) is 2.52. The van der Waals surface area contributed by atoms with Gasteiger partial charge in [0.1, 0.15) is 5.82 Å². The van der Waals surface area contributed by atoms with Gasteiger partial charge in [-0.3, -0.25) is 14.5 Å². The molecule has 22 heavy (non-hydrogen) atoms. The average molecular weight is 308 g/mol. The molecule has 0 atom stereocenters. The van der Waals surface area contributed by atoms with E-state index in [-0.39, 0.29) is 24.1 Å². The van der Waals surface area contributed by atoms with E-state index in [0.29, 0.717) is 44.0 Å². The fourth-order valence-corrected chi connectivity index (χ4v) is 2.52. The SMILES string of the molecule is CCOC(=O)CN1CCN(c2ccc(C(C)=O)cc2F)CC1. The molecule has 2 rings (SSSR count). The fraction of sp³-hybridized carbons (Fsp3) is 0.500. The molecule has 1 fully saturated rings. The second-order valence-corrected chi connectivity index (χ2v) is 5.29. The van der Waals surface area contributed by atoms with Gasteiger partial charge in [-0.05, 0) is 32.0 Å². The standard InChI is InChI=1S/C16H21FN2O3/c1-3-22-16(21)11-18-6-8-19(9-7-18)15-5-4-13(12(2)20)10-14(15)17/h4-5,10H,3,6-9,11H2,1-2H3. The summed E-state index contributed by atoms with van der Waals surface area (Å²) in [6, 6.07) is 4.57. The van der Waals surface area contributed by atoms with Gasteiger partial charge in [0.2, 0.25) is 0 Å². The van der Waals surface area contributed by atoms with E-state index >= 15 is 0 Å². The summed E-state index contributed by atoms with van der Waals surface area (Å²) in [5.41, 5.74) is 0.878. The van der Waals surface area contributed by atoms with Gasteiger partial charge in [0.25, 0.3) is 0 Å². The Morgan fingerprint density at radius 3 is 2.45 bits per heavy atom. The molecule has 1 heterocycles. The molecule has 0 bridgehead atoms. The lowest BCUT2D eigenvalue weighted by Gasteiger charge is -2.35. The Kier molecular flexibility index (Phi) is 5.49. The Morgan fingerprint density at radius 2 is 1.91 bits per heavy atom. The van der Waals surface area contributed by atoms with Crippen LogP contribution in [0.15, 0.2) is 18.2 Å². The number of benzene rings is 1. The van der Waals surface area contributed by atoms with Crippen LogP contribution in [0.3, 0.4) is 0 Å². The smallest absolute Gasteiger partial charge is 0.320 e. The van der Waals surface area contributed by atoms with E-state index in [9.17, 15) is 14.0 Å². The first-order chi connectivity index (χ1) is 10.5. The maximum absolute atomic E-state index is 14.1. The number of rotatable bonds is 5. The number of Topliss-reactive ketones (excluding diaryl/α,β-unsaturated/α-hetero) is 1. The zero-order valence-corrected chi connectivity index (χ0v) is 13.0. The highest BCUT2D eigenvalue weighted by Gasteiger charge is 2.21. The number of ketones is 1. The van der Waals surface area contributed by atoms with Gasteiger partial charge < -0.3 is 9.64 Å². The Hall–Kier alpha value is -1.95. The van der Waals surface area contributed by atoms with Crippen molar-refractivity contribution in [2.24, 2.45) is 0 Å². The van der Waals surface area contributed by atoms with Crippen molar-refractivity contribution in [1.29, 1.82) is 0 Å². The van der Waals surface area contributed by atoms with Gasteiger partial charge >= 0.3 is 5.97 Å². The highest BCUT2D eigenvalue weighted by Crippen LogP contribution is 2.22. The van der Waals surface area contributed by atoms with E-state index in [1.807, 2.05) is 9.80 Å². The Morgan fingerprint density at radius 1 is 1.23 bits per heavy atom. The van der Waals surface area contributed by atoms with Gasteiger partial charge in [-0.25, -0.2) is 4.39 Å². The number of hydrogen-bond donors (Lipinski definition) is 0. The summed E-state index contributed by atoms with van der Waals surface area (Å²) in [7, 11) is 0. The van der Waals surface area contributed by atoms with Crippen LogP contribution in [0.25, 0.3) is 0 Å². The van der Waals surface area contributed by atoms with E-state index in [1.54, 1.807) is 19.1 Å². The first-order valence-corrected chi connectivity index (χ1v) is 7.44. The van der Waals surface area contributed by atoms with E-state index in [2.05, 4.69) is 0 Å². The number of ether oxygens (including phenoxy) is 1. The minimum Gasteiger partial charge on any atom is -0.465 e. The van der Waals surface area contributed by atoms with Crippen molar-refractivity contribution in [3.8, 4) is 0 Å².